The number of hydrogen-bond donors (Lipinski definition) is 0. The van der Waals surface area contributed by atoms with Gasteiger partial charge in [0.2, 0.25) is 0 Å². The van der Waals surface area contributed by atoms with E-state index in [1.807, 2.05) is 98.8 Å². The summed E-state index contributed by atoms with van der Waals surface area (Å²) in [4.78, 5) is 27.5. The van der Waals surface area contributed by atoms with Gasteiger partial charge in [0, 0.05) is 21.8 Å². The van der Waals surface area contributed by atoms with Gasteiger partial charge in [-0.25, -0.2) is 10.0 Å². The maximum absolute atomic E-state index is 13.8. The number of anilines is 2. The van der Waals surface area contributed by atoms with Gasteiger partial charge >= 0.3 is 0 Å². The maximum atomic E-state index is 13.8. The molecule has 3 aromatic rings. The highest BCUT2D eigenvalue weighted by Gasteiger charge is 2.50. The van der Waals surface area contributed by atoms with Crippen molar-refractivity contribution >= 4 is 50.5 Å². The predicted molar refractivity (Wildman–Crippen MR) is 138 cm³/mol. The molecule has 7 heteroatoms. The molecule has 0 saturated heterocycles. The summed E-state index contributed by atoms with van der Waals surface area (Å²) >= 11 is 3.49. The second-order valence-electron chi connectivity index (χ2n) is 8.49. The van der Waals surface area contributed by atoms with E-state index in [1.165, 1.54) is 10.0 Å². The van der Waals surface area contributed by atoms with Crippen molar-refractivity contribution in [2.45, 2.75) is 19.8 Å². The molecule has 2 aliphatic heterocycles. The number of nitrogens with zero attached hydrogens (tertiary/aromatic N) is 4. The Bertz CT molecular complexity index is 1210. The van der Waals surface area contributed by atoms with E-state index in [9.17, 15) is 9.59 Å². The van der Waals surface area contributed by atoms with Crippen LogP contribution in [-0.2, 0) is 9.59 Å². The first-order chi connectivity index (χ1) is 16.5. The van der Waals surface area contributed by atoms with Crippen LogP contribution in [0.1, 0.15) is 25.3 Å². The van der Waals surface area contributed by atoms with Crippen LogP contribution in [0, 0.1) is 11.8 Å². The zero-order chi connectivity index (χ0) is 23.8. The normalized spacial score (nSPS) is 20.2. The van der Waals surface area contributed by atoms with E-state index in [1.54, 1.807) is 0 Å². The molecule has 3 aromatic carbocycles. The van der Waals surface area contributed by atoms with Gasteiger partial charge in [0.25, 0.3) is 11.8 Å². The third-order valence-electron chi connectivity index (χ3n) is 6.34. The molecule has 0 saturated carbocycles. The molecule has 5 rings (SSSR count). The molecule has 0 aliphatic carbocycles. The highest BCUT2D eigenvalue weighted by molar-refractivity contribution is 9.10. The number of halogens is 1. The van der Waals surface area contributed by atoms with Crippen LogP contribution >= 0.6 is 15.9 Å². The molecule has 6 nitrogen and oxygen atoms in total. The summed E-state index contributed by atoms with van der Waals surface area (Å²) in [6.07, 6.45) is 0. The van der Waals surface area contributed by atoms with Gasteiger partial charge in [0.15, 0.2) is 0 Å². The molecule has 0 fully saturated rings. The first-order valence-electron chi connectivity index (χ1n) is 11.1. The number of hydrazone groups is 2. The number of carbonyl (C=O) groups excluding carboxylic acids is 2. The Hall–Kier alpha value is -3.58. The monoisotopic (exact) mass is 514 g/mol. The molecule has 2 heterocycles. The molecule has 0 bridgehead atoms. The van der Waals surface area contributed by atoms with Crippen molar-refractivity contribution in [3.05, 3.63) is 95.0 Å². The van der Waals surface area contributed by atoms with Crippen molar-refractivity contribution in [3.8, 4) is 0 Å². The molecule has 2 atom stereocenters. The summed E-state index contributed by atoms with van der Waals surface area (Å²) in [6, 6.07) is 26.5. The largest absolute Gasteiger partial charge is 0.272 e. The average molecular weight is 515 g/mol. The van der Waals surface area contributed by atoms with Crippen LogP contribution in [0.3, 0.4) is 0 Å². The van der Waals surface area contributed by atoms with Crippen LogP contribution in [0.5, 0.6) is 0 Å². The number of rotatable bonds is 5. The van der Waals surface area contributed by atoms with Crippen LogP contribution < -0.4 is 10.0 Å². The van der Waals surface area contributed by atoms with Crippen molar-refractivity contribution in [2.75, 3.05) is 10.0 Å². The van der Waals surface area contributed by atoms with Crippen molar-refractivity contribution in [1.82, 2.24) is 0 Å². The van der Waals surface area contributed by atoms with Crippen LogP contribution in [0.15, 0.2) is 99.6 Å². The Morgan fingerprint density at radius 2 is 1.09 bits per heavy atom. The molecule has 34 heavy (non-hydrogen) atoms. The van der Waals surface area contributed by atoms with E-state index in [0.29, 0.717) is 22.8 Å². The molecule has 170 valence electrons. The summed E-state index contributed by atoms with van der Waals surface area (Å²) in [7, 11) is 0. The molecular formula is C27H23BrN4O2. The van der Waals surface area contributed by atoms with Gasteiger partial charge in [0.1, 0.15) is 0 Å². The molecule has 0 radical (unpaired) electrons. The lowest BCUT2D eigenvalue weighted by atomic mass is 9.73. The van der Waals surface area contributed by atoms with Crippen LogP contribution in [0.2, 0.25) is 0 Å². The summed E-state index contributed by atoms with van der Waals surface area (Å²) in [6.45, 7) is 3.72. The lowest BCUT2D eigenvalue weighted by molar-refractivity contribution is -0.122. The fraction of sp³-hybridized carbons (Fsp3) is 0.185. The third-order valence-corrected chi connectivity index (χ3v) is 6.87. The van der Waals surface area contributed by atoms with Gasteiger partial charge in [-0.15, -0.1) is 0 Å². The smallest absolute Gasteiger partial charge is 0.256 e. The highest BCUT2D eigenvalue weighted by Crippen LogP contribution is 2.42. The average Bonchev–Trinajstić information content (AvgIpc) is 3.32. The topological polar surface area (TPSA) is 65.3 Å². The SMILES string of the molecule is CC1=NN(c2ccccc2)C(=O)[C@H]1C(c1ccc(Br)cc1)[C@@H]1C(=O)N(c2ccccc2)N=C1C. The number of carbonyl (C=O) groups is 2. The number of benzene rings is 3. The van der Waals surface area contributed by atoms with E-state index in [2.05, 4.69) is 26.1 Å². The molecule has 2 amide bonds. The minimum atomic E-state index is -0.587. The maximum Gasteiger partial charge on any atom is 0.256 e. The van der Waals surface area contributed by atoms with Crippen molar-refractivity contribution in [2.24, 2.45) is 22.0 Å². The van der Waals surface area contributed by atoms with Crippen molar-refractivity contribution < 1.29 is 9.59 Å². The lowest BCUT2D eigenvalue weighted by Crippen LogP contribution is -2.40. The summed E-state index contributed by atoms with van der Waals surface area (Å²) in [5.41, 5.74) is 3.67. The highest BCUT2D eigenvalue weighted by atomic mass is 79.9. The van der Waals surface area contributed by atoms with Crippen LogP contribution in [-0.4, -0.2) is 23.2 Å². The molecule has 0 N–H and O–H groups in total. The minimum absolute atomic E-state index is 0.143. The first-order valence-corrected chi connectivity index (χ1v) is 11.9. The Labute approximate surface area is 206 Å². The third kappa shape index (κ3) is 3.86. The summed E-state index contributed by atoms with van der Waals surface area (Å²) in [5.74, 6) is -1.90. The van der Waals surface area contributed by atoms with E-state index in [4.69, 9.17) is 0 Å². The second-order valence-corrected chi connectivity index (χ2v) is 9.40. The van der Waals surface area contributed by atoms with Crippen molar-refractivity contribution in [3.63, 3.8) is 0 Å². The van der Waals surface area contributed by atoms with Gasteiger partial charge in [0.05, 0.1) is 23.2 Å². The number of amides is 2. The predicted octanol–water partition coefficient (Wildman–Crippen LogP) is 5.61. The van der Waals surface area contributed by atoms with Gasteiger partial charge in [-0.3, -0.25) is 9.59 Å². The van der Waals surface area contributed by atoms with E-state index in [0.717, 1.165) is 10.0 Å². The van der Waals surface area contributed by atoms with Gasteiger partial charge < -0.3 is 0 Å². The van der Waals surface area contributed by atoms with Crippen molar-refractivity contribution in [1.29, 1.82) is 0 Å². The first kappa shape index (κ1) is 22.2. The molecule has 0 unspecified atom stereocenters. The van der Waals surface area contributed by atoms with E-state index < -0.39 is 17.8 Å². The van der Waals surface area contributed by atoms with Crippen LogP contribution in [0.4, 0.5) is 11.4 Å². The zero-order valence-electron chi connectivity index (χ0n) is 18.8. The Morgan fingerprint density at radius 1 is 0.676 bits per heavy atom. The fourth-order valence-electron chi connectivity index (χ4n) is 4.76. The summed E-state index contributed by atoms with van der Waals surface area (Å²) < 4.78 is 0.929. The summed E-state index contributed by atoms with van der Waals surface area (Å²) in [5, 5.41) is 12.1. The molecule has 0 aromatic heterocycles. The fourth-order valence-corrected chi connectivity index (χ4v) is 5.02. The molecule has 2 aliphatic rings. The minimum Gasteiger partial charge on any atom is -0.272 e. The number of hydrogen-bond acceptors (Lipinski definition) is 4. The Kier molecular flexibility index (Phi) is 5.87. The molecule has 0 spiro atoms. The Balaban J connectivity index is 1.57. The van der Waals surface area contributed by atoms with E-state index in [-0.39, 0.29) is 11.8 Å². The molecular weight excluding hydrogens is 492 g/mol. The van der Waals surface area contributed by atoms with Crippen LogP contribution in [0.25, 0.3) is 0 Å². The lowest BCUT2D eigenvalue weighted by Gasteiger charge is -2.28. The van der Waals surface area contributed by atoms with Gasteiger partial charge in [-0.2, -0.15) is 10.2 Å². The van der Waals surface area contributed by atoms with Gasteiger partial charge in [-0.1, -0.05) is 64.5 Å². The number of para-hydroxylation sites is 2. The van der Waals surface area contributed by atoms with E-state index >= 15 is 0 Å². The quantitative estimate of drug-likeness (QED) is 0.444. The zero-order valence-corrected chi connectivity index (χ0v) is 20.4. The standard InChI is InChI=1S/C27H23BrN4O2/c1-17-23(26(33)31(29-17)21-9-5-3-6-10-21)25(19-13-15-20(28)16-14-19)24-18(2)30-32(27(24)34)22-11-7-4-8-12-22/h3-16,23-25H,1-2H3/t23-,24-/m1/s1. The second kappa shape index (κ2) is 8.99. The van der Waals surface area contributed by atoms with Gasteiger partial charge in [-0.05, 0) is 55.8 Å². The Morgan fingerprint density at radius 3 is 1.50 bits per heavy atom.